The normalized spacial score (nSPS) is 21.1. The van der Waals surface area contributed by atoms with Gasteiger partial charge in [0, 0.05) is 38.8 Å². The molecule has 0 radical (unpaired) electrons. The summed E-state index contributed by atoms with van der Waals surface area (Å²) >= 11 is 9.84. The van der Waals surface area contributed by atoms with Crippen molar-refractivity contribution < 1.29 is 9.84 Å². The van der Waals surface area contributed by atoms with E-state index in [-0.39, 0.29) is 11.8 Å². The lowest BCUT2D eigenvalue weighted by Crippen LogP contribution is -2.54. The van der Waals surface area contributed by atoms with Crippen LogP contribution >= 0.6 is 27.5 Å². The van der Waals surface area contributed by atoms with Crippen LogP contribution in [0.2, 0.25) is 5.02 Å². The van der Waals surface area contributed by atoms with Crippen LogP contribution in [0.5, 0.6) is 5.88 Å². The Morgan fingerprint density at radius 2 is 1.89 bits per heavy atom. The third-order valence-corrected chi connectivity index (χ3v) is 7.85. The van der Waals surface area contributed by atoms with E-state index in [1.54, 1.807) is 7.11 Å². The Morgan fingerprint density at radius 3 is 2.63 bits per heavy atom. The quantitative estimate of drug-likeness (QED) is 0.292. The first-order chi connectivity index (χ1) is 17.0. The SMILES string of the molecule is COc1nc2ccc(Br)cc2cc1C(c1ccc(Cl)cc1)C1(O)CCNC[C@@H]1Cc1ccccc1. The second kappa shape index (κ2) is 10.3. The Balaban J connectivity index is 1.69. The van der Waals surface area contributed by atoms with Crippen LogP contribution in [0.15, 0.2) is 83.3 Å². The van der Waals surface area contributed by atoms with Crippen molar-refractivity contribution in [3.63, 3.8) is 0 Å². The first kappa shape index (κ1) is 24.3. The van der Waals surface area contributed by atoms with Crippen molar-refractivity contribution in [2.24, 2.45) is 5.92 Å². The van der Waals surface area contributed by atoms with Gasteiger partial charge < -0.3 is 15.2 Å². The van der Waals surface area contributed by atoms with E-state index in [2.05, 4.69) is 57.6 Å². The Kier molecular flexibility index (Phi) is 7.12. The number of methoxy groups -OCH3 is 1. The summed E-state index contributed by atoms with van der Waals surface area (Å²) in [5.74, 6) is 0.175. The van der Waals surface area contributed by atoms with Crippen LogP contribution in [0.1, 0.15) is 29.0 Å². The molecule has 1 saturated heterocycles. The Hall–Kier alpha value is -2.44. The van der Waals surface area contributed by atoms with Gasteiger partial charge in [-0.1, -0.05) is 70.0 Å². The van der Waals surface area contributed by atoms with E-state index in [0.717, 1.165) is 46.0 Å². The van der Waals surface area contributed by atoms with Crippen LogP contribution in [-0.2, 0) is 6.42 Å². The molecule has 0 amide bonds. The highest BCUT2D eigenvalue weighted by atomic mass is 79.9. The van der Waals surface area contributed by atoms with Gasteiger partial charge in [0.15, 0.2) is 0 Å². The molecule has 5 rings (SSSR count). The number of aromatic nitrogens is 1. The monoisotopic (exact) mass is 550 g/mol. The fourth-order valence-electron chi connectivity index (χ4n) is 5.38. The maximum absolute atomic E-state index is 12.6. The fourth-order valence-corrected chi connectivity index (χ4v) is 5.89. The Labute approximate surface area is 219 Å². The lowest BCUT2D eigenvalue weighted by atomic mass is 9.66. The van der Waals surface area contributed by atoms with Gasteiger partial charge >= 0.3 is 0 Å². The smallest absolute Gasteiger partial charge is 0.217 e. The van der Waals surface area contributed by atoms with Crippen LogP contribution in [0.3, 0.4) is 0 Å². The van der Waals surface area contributed by atoms with Crippen molar-refractivity contribution in [2.45, 2.75) is 24.4 Å². The van der Waals surface area contributed by atoms with Crippen molar-refractivity contribution in [1.82, 2.24) is 10.3 Å². The van der Waals surface area contributed by atoms with Gasteiger partial charge in [0.1, 0.15) is 0 Å². The topological polar surface area (TPSA) is 54.4 Å². The average molecular weight is 552 g/mol. The molecule has 1 aliphatic heterocycles. The molecular formula is C29H28BrClN2O2. The molecule has 3 atom stereocenters. The molecule has 1 aromatic heterocycles. The lowest BCUT2D eigenvalue weighted by Gasteiger charge is -2.46. The van der Waals surface area contributed by atoms with Gasteiger partial charge in [-0.2, -0.15) is 0 Å². The summed E-state index contributed by atoms with van der Waals surface area (Å²) < 4.78 is 6.80. The van der Waals surface area contributed by atoms with Gasteiger partial charge in [0.25, 0.3) is 0 Å². The number of rotatable bonds is 6. The molecule has 2 unspecified atom stereocenters. The highest BCUT2D eigenvalue weighted by molar-refractivity contribution is 9.10. The second-order valence-corrected chi connectivity index (χ2v) is 10.6. The zero-order chi connectivity index (χ0) is 24.4. The number of hydrogen-bond acceptors (Lipinski definition) is 4. The number of pyridine rings is 1. The van der Waals surface area contributed by atoms with Crippen LogP contribution in [-0.4, -0.2) is 35.9 Å². The molecule has 6 heteroatoms. The van der Waals surface area contributed by atoms with E-state index in [4.69, 9.17) is 21.3 Å². The van der Waals surface area contributed by atoms with Crippen LogP contribution in [0.25, 0.3) is 10.9 Å². The number of ether oxygens (including phenoxy) is 1. The molecule has 0 aliphatic carbocycles. The fraction of sp³-hybridized carbons (Fsp3) is 0.276. The molecule has 1 fully saturated rings. The molecule has 4 aromatic rings. The lowest BCUT2D eigenvalue weighted by molar-refractivity contribution is -0.0544. The van der Waals surface area contributed by atoms with Crippen LogP contribution in [0.4, 0.5) is 0 Å². The molecule has 0 saturated carbocycles. The summed E-state index contributed by atoms with van der Waals surface area (Å²) in [7, 11) is 1.64. The largest absolute Gasteiger partial charge is 0.481 e. The number of aliphatic hydroxyl groups is 1. The van der Waals surface area contributed by atoms with Gasteiger partial charge in [-0.15, -0.1) is 0 Å². The van der Waals surface area contributed by atoms with Crippen molar-refractivity contribution in [2.75, 3.05) is 20.2 Å². The summed E-state index contributed by atoms with van der Waals surface area (Å²) in [5.41, 5.74) is 2.90. The predicted molar refractivity (Wildman–Crippen MR) is 145 cm³/mol. The standard InChI is InChI=1S/C29H28BrClN2O2/c1-35-28-25(17-21-16-23(30)9-12-26(21)33-28)27(20-7-10-24(31)11-8-20)29(34)13-14-32-18-22(29)15-19-5-3-2-4-6-19/h2-12,16-17,22,27,32,34H,13-15,18H2,1H3/t22-,27?,29?/m0/s1. The minimum Gasteiger partial charge on any atom is -0.481 e. The minimum atomic E-state index is -1.02. The first-order valence-corrected chi connectivity index (χ1v) is 13.0. The zero-order valence-corrected chi connectivity index (χ0v) is 21.9. The molecule has 0 spiro atoms. The summed E-state index contributed by atoms with van der Waals surface area (Å²) in [6.45, 7) is 1.46. The maximum Gasteiger partial charge on any atom is 0.217 e. The number of nitrogens with one attached hydrogen (secondary N) is 1. The molecule has 4 nitrogen and oxygen atoms in total. The Morgan fingerprint density at radius 1 is 1.11 bits per heavy atom. The van der Waals surface area contributed by atoms with E-state index in [1.165, 1.54) is 5.56 Å². The summed E-state index contributed by atoms with van der Waals surface area (Å²) in [5, 5.41) is 17.8. The summed E-state index contributed by atoms with van der Waals surface area (Å²) in [4.78, 5) is 4.84. The van der Waals surface area contributed by atoms with Gasteiger partial charge in [-0.25, -0.2) is 4.98 Å². The zero-order valence-electron chi connectivity index (χ0n) is 19.5. The van der Waals surface area contributed by atoms with Gasteiger partial charge in [-0.05, 0) is 66.9 Å². The molecule has 3 aromatic carbocycles. The van der Waals surface area contributed by atoms with E-state index >= 15 is 0 Å². The van der Waals surface area contributed by atoms with Crippen molar-refractivity contribution in [3.05, 3.63) is 105 Å². The first-order valence-electron chi connectivity index (χ1n) is 11.8. The average Bonchev–Trinajstić information content (AvgIpc) is 2.87. The number of fused-ring (bicyclic) bond motifs is 1. The van der Waals surface area contributed by atoms with Gasteiger partial charge in [0.2, 0.25) is 5.88 Å². The van der Waals surface area contributed by atoms with Crippen LogP contribution < -0.4 is 10.1 Å². The third-order valence-electron chi connectivity index (χ3n) is 7.10. The van der Waals surface area contributed by atoms with Crippen molar-refractivity contribution in [1.29, 1.82) is 0 Å². The molecule has 180 valence electrons. The minimum absolute atomic E-state index is 0.0118. The van der Waals surface area contributed by atoms with E-state index in [0.29, 0.717) is 17.3 Å². The van der Waals surface area contributed by atoms with E-state index in [1.807, 2.05) is 42.5 Å². The summed E-state index contributed by atoms with van der Waals surface area (Å²) in [6, 6.07) is 26.3. The molecule has 1 aliphatic rings. The molecular weight excluding hydrogens is 524 g/mol. The second-order valence-electron chi connectivity index (χ2n) is 9.24. The van der Waals surface area contributed by atoms with E-state index < -0.39 is 5.60 Å². The number of piperidine rings is 1. The van der Waals surface area contributed by atoms with Gasteiger partial charge in [0.05, 0.1) is 18.2 Å². The molecule has 35 heavy (non-hydrogen) atoms. The molecule has 0 bridgehead atoms. The molecule has 2 N–H and O–H groups in total. The predicted octanol–water partition coefficient (Wildman–Crippen LogP) is 6.37. The van der Waals surface area contributed by atoms with Gasteiger partial charge in [-0.3, -0.25) is 0 Å². The highest BCUT2D eigenvalue weighted by Crippen LogP contribution is 2.47. The highest BCUT2D eigenvalue weighted by Gasteiger charge is 2.47. The maximum atomic E-state index is 12.6. The summed E-state index contributed by atoms with van der Waals surface area (Å²) in [6.07, 6.45) is 1.38. The number of benzene rings is 3. The van der Waals surface area contributed by atoms with E-state index in [9.17, 15) is 5.11 Å². The number of hydrogen-bond donors (Lipinski definition) is 2. The van der Waals surface area contributed by atoms with Crippen molar-refractivity contribution >= 4 is 38.4 Å². The van der Waals surface area contributed by atoms with Crippen molar-refractivity contribution in [3.8, 4) is 5.88 Å². The number of nitrogens with zero attached hydrogens (tertiary/aromatic N) is 1. The number of halogens is 2. The Bertz CT molecular complexity index is 1320. The third kappa shape index (κ3) is 4.96. The molecule has 2 heterocycles. The van der Waals surface area contributed by atoms with Crippen LogP contribution in [0, 0.1) is 5.92 Å².